The zero-order valence-corrected chi connectivity index (χ0v) is 15.3. The Morgan fingerprint density at radius 3 is 1.43 bits per heavy atom. The van der Waals surface area contributed by atoms with Crippen molar-refractivity contribution in [2.75, 3.05) is 24.1 Å². The number of para-hydroxylation sites is 2. The van der Waals surface area contributed by atoms with E-state index in [1.165, 1.54) is 0 Å². The summed E-state index contributed by atoms with van der Waals surface area (Å²) in [5.41, 5.74) is 9.99. The predicted octanol–water partition coefficient (Wildman–Crippen LogP) is 3.30. The number of anilines is 2. The number of nitrogens with one attached hydrogen (secondary N) is 2. The Balaban J connectivity index is 1.80. The van der Waals surface area contributed by atoms with Gasteiger partial charge in [-0.15, -0.1) is 0 Å². The number of hydrogen-bond acceptors (Lipinski definition) is 6. The number of rotatable bonds is 8. The minimum Gasteiger partial charge on any atom is -0.390 e. The largest absolute Gasteiger partial charge is 0.390 e. The van der Waals surface area contributed by atoms with E-state index in [4.69, 9.17) is 0 Å². The summed E-state index contributed by atoms with van der Waals surface area (Å²) in [4.78, 5) is 0. The summed E-state index contributed by atoms with van der Waals surface area (Å²) in [6.07, 6.45) is 0. The normalized spacial score (nSPS) is 11.9. The Kier molecular flexibility index (Phi) is 6.89. The summed E-state index contributed by atoms with van der Waals surface area (Å²) in [5.74, 6) is 0. The van der Waals surface area contributed by atoms with E-state index in [1.54, 1.807) is 0 Å². The van der Waals surface area contributed by atoms with Gasteiger partial charge in [0.15, 0.2) is 0 Å². The van der Waals surface area contributed by atoms with Crippen molar-refractivity contribution >= 4 is 22.8 Å². The van der Waals surface area contributed by atoms with Gasteiger partial charge in [-0.25, -0.2) is 0 Å². The van der Waals surface area contributed by atoms with Crippen LogP contribution in [0.5, 0.6) is 0 Å². The van der Waals surface area contributed by atoms with Crippen LogP contribution in [-0.2, 0) is 0 Å². The van der Waals surface area contributed by atoms with E-state index in [1.807, 2.05) is 84.9 Å². The van der Waals surface area contributed by atoms with Crippen molar-refractivity contribution in [3.05, 3.63) is 96.1 Å². The van der Waals surface area contributed by atoms with Gasteiger partial charge >= 0.3 is 0 Å². The van der Waals surface area contributed by atoms with Crippen molar-refractivity contribution < 1.29 is 10.2 Å². The number of benzene rings is 3. The Morgan fingerprint density at radius 2 is 1.04 bits per heavy atom. The molecule has 3 aromatic rings. The molecular weight excluding hydrogens is 352 g/mol. The van der Waals surface area contributed by atoms with Crippen LogP contribution < -0.4 is 10.9 Å². The first kappa shape index (κ1) is 19.3. The van der Waals surface area contributed by atoms with Crippen LogP contribution >= 0.6 is 0 Å². The Morgan fingerprint density at radius 1 is 0.607 bits per heavy atom. The number of nitrogens with zero attached hydrogens (tertiary/aromatic N) is 2. The standard InChI is InChI=1S/C22H22N4O2/c27-15-21(25-23-19-10-3-1-4-11-19)17-8-7-9-18(14-17)22(16-28)26-24-20-12-5-2-6-13-20/h1-14,23-24,27-28H,15-16H2/b25-21+,26-22+. The first-order valence-electron chi connectivity index (χ1n) is 8.88. The van der Waals surface area contributed by atoms with Crippen molar-refractivity contribution in [2.24, 2.45) is 10.2 Å². The molecule has 142 valence electrons. The van der Waals surface area contributed by atoms with Crippen molar-refractivity contribution in [3.8, 4) is 0 Å². The highest BCUT2D eigenvalue weighted by molar-refractivity contribution is 6.06. The number of aliphatic hydroxyl groups excluding tert-OH is 2. The average molecular weight is 374 g/mol. The molecule has 0 unspecified atom stereocenters. The second-order valence-corrected chi connectivity index (χ2v) is 5.97. The van der Waals surface area contributed by atoms with Crippen molar-refractivity contribution in [1.29, 1.82) is 0 Å². The molecule has 0 aliphatic rings. The van der Waals surface area contributed by atoms with E-state index < -0.39 is 0 Å². The van der Waals surface area contributed by atoms with Gasteiger partial charge in [-0.2, -0.15) is 10.2 Å². The molecule has 0 saturated heterocycles. The van der Waals surface area contributed by atoms with Crippen LogP contribution in [0.2, 0.25) is 0 Å². The molecule has 0 atom stereocenters. The lowest BCUT2D eigenvalue weighted by molar-refractivity contribution is 0.357. The zero-order chi connectivity index (χ0) is 19.6. The van der Waals surface area contributed by atoms with E-state index in [9.17, 15) is 10.2 Å². The minimum atomic E-state index is -0.225. The van der Waals surface area contributed by atoms with Crippen molar-refractivity contribution in [1.82, 2.24) is 0 Å². The third kappa shape index (κ3) is 5.26. The SMILES string of the molecule is OC/C(=N\Nc1ccccc1)c1cccc(/C(CO)=N/Nc2ccccc2)c1. The summed E-state index contributed by atoms with van der Waals surface area (Å²) in [5, 5.41) is 28.1. The van der Waals surface area contributed by atoms with E-state index in [-0.39, 0.29) is 13.2 Å². The molecule has 0 aliphatic carbocycles. The monoisotopic (exact) mass is 374 g/mol. The van der Waals surface area contributed by atoms with Crippen LogP contribution in [0, 0.1) is 0 Å². The minimum absolute atomic E-state index is 0.225. The second-order valence-electron chi connectivity index (χ2n) is 5.97. The molecule has 0 bridgehead atoms. The van der Waals surface area contributed by atoms with Gasteiger partial charge in [0, 0.05) is 11.1 Å². The molecule has 0 aromatic heterocycles. The maximum absolute atomic E-state index is 9.73. The number of hydrogen-bond donors (Lipinski definition) is 4. The summed E-state index contributed by atoms with van der Waals surface area (Å²) in [6, 6.07) is 26.4. The Hall–Kier alpha value is -3.48. The first-order valence-corrected chi connectivity index (χ1v) is 8.88. The lowest BCUT2D eigenvalue weighted by Gasteiger charge is -2.09. The summed E-state index contributed by atoms with van der Waals surface area (Å²) < 4.78 is 0. The molecule has 6 nitrogen and oxygen atoms in total. The molecule has 0 amide bonds. The van der Waals surface area contributed by atoms with Gasteiger partial charge in [0.05, 0.1) is 36.0 Å². The van der Waals surface area contributed by atoms with E-state index in [0.717, 1.165) is 22.5 Å². The van der Waals surface area contributed by atoms with Gasteiger partial charge in [-0.3, -0.25) is 10.9 Å². The molecule has 28 heavy (non-hydrogen) atoms. The molecule has 3 aromatic carbocycles. The molecule has 4 N–H and O–H groups in total. The fourth-order valence-electron chi connectivity index (χ4n) is 2.55. The fraction of sp³-hybridized carbons (Fsp3) is 0.0909. The van der Waals surface area contributed by atoms with Crippen LogP contribution in [0.25, 0.3) is 0 Å². The van der Waals surface area contributed by atoms with E-state index >= 15 is 0 Å². The van der Waals surface area contributed by atoms with Crippen molar-refractivity contribution in [3.63, 3.8) is 0 Å². The highest BCUT2D eigenvalue weighted by atomic mass is 16.3. The van der Waals surface area contributed by atoms with Gasteiger partial charge < -0.3 is 10.2 Å². The highest BCUT2D eigenvalue weighted by Crippen LogP contribution is 2.11. The van der Waals surface area contributed by atoms with Gasteiger partial charge in [-0.1, -0.05) is 54.6 Å². The second kappa shape index (κ2) is 10.0. The quantitative estimate of drug-likeness (QED) is 0.360. The smallest absolute Gasteiger partial charge is 0.0933 e. The van der Waals surface area contributed by atoms with Gasteiger partial charge in [0.1, 0.15) is 0 Å². The zero-order valence-electron chi connectivity index (χ0n) is 15.3. The van der Waals surface area contributed by atoms with Crippen LogP contribution in [0.3, 0.4) is 0 Å². The highest BCUT2D eigenvalue weighted by Gasteiger charge is 2.08. The number of aliphatic hydroxyl groups is 2. The topological polar surface area (TPSA) is 89.2 Å². The molecule has 0 fully saturated rings. The molecule has 0 saturated carbocycles. The molecular formula is C22H22N4O2. The summed E-state index contributed by atoms with van der Waals surface area (Å²) in [7, 11) is 0. The van der Waals surface area contributed by atoms with Gasteiger partial charge in [-0.05, 0) is 30.3 Å². The van der Waals surface area contributed by atoms with E-state index in [0.29, 0.717) is 11.4 Å². The first-order chi connectivity index (χ1) is 13.8. The molecule has 0 radical (unpaired) electrons. The van der Waals surface area contributed by atoms with Crippen LogP contribution in [0.15, 0.2) is 95.1 Å². The maximum atomic E-state index is 9.73. The number of hydrazone groups is 2. The van der Waals surface area contributed by atoms with E-state index in [2.05, 4.69) is 21.1 Å². The Bertz CT molecular complexity index is 866. The fourth-order valence-corrected chi connectivity index (χ4v) is 2.55. The van der Waals surface area contributed by atoms with Gasteiger partial charge in [0.2, 0.25) is 0 Å². The summed E-state index contributed by atoms with van der Waals surface area (Å²) in [6.45, 7) is -0.450. The molecule has 3 rings (SSSR count). The Labute approximate surface area is 163 Å². The molecule has 0 heterocycles. The molecule has 6 heteroatoms. The maximum Gasteiger partial charge on any atom is 0.0933 e. The third-order valence-electron chi connectivity index (χ3n) is 4.02. The average Bonchev–Trinajstić information content (AvgIpc) is 2.76. The van der Waals surface area contributed by atoms with Crippen LogP contribution in [0.1, 0.15) is 11.1 Å². The van der Waals surface area contributed by atoms with Crippen LogP contribution in [0.4, 0.5) is 11.4 Å². The molecule has 0 aliphatic heterocycles. The van der Waals surface area contributed by atoms with Gasteiger partial charge in [0.25, 0.3) is 0 Å². The lowest BCUT2D eigenvalue weighted by atomic mass is 10.0. The summed E-state index contributed by atoms with van der Waals surface area (Å²) >= 11 is 0. The van der Waals surface area contributed by atoms with Crippen LogP contribution in [-0.4, -0.2) is 34.9 Å². The third-order valence-corrected chi connectivity index (χ3v) is 4.02. The molecule has 0 spiro atoms. The van der Waals surface area contributed by atoms with Crippen molar-refractivity contribution in [2.45, 2.75) is 0 Å². The predicted molar refractivity (Wildman–Crippen MR) is 114 cm³/mol. The lowest BCUT2D eigenvalue weighted by Crippen LogP contribution is -2.13.